The normalized spacial score (nSPS) is 16.8. The van der Waals surface area contributed by atoms with Crippen LogP contribution in [0.4, 0.5) is 5.69 Å². The van der Waals surface area contributed by atoms with Gasteiger partial charge in [0.1, 0.15) is 12.4 Å². The number of hydrogen-bond acceptors (Lipinski definition) is 4. The predicted octanol–water partition coefficient (Wildman–Crippen LogP) is 8.28. The maximum absolute atomic E-state index is 13.4. The van der Waals surface area contributed by atoms with Crippen molar-refractivity contribution in [1.29, 1.82) is 0 Å². The Morgan fingerprint density at radius 2 is 1.83 bits per heavy atom. The number of carbonyl (C=O) groups is 1. The van der Waals surface area contributed by atoms with Gasteiger partial charge in [-0.2, -0.15) is 0 Å². The second kappa shape index (κ2) is 11.3. The van der Waals surface area contributed by atoms with Crippen molar-refractivity contribution < 1.29 is 9.53 Å². The van der Waals surface area contributed by atoms with Gasteiger partial charge in [0.15, 0.2) is 5.17 Å². The van der Waals surface area contributed by atoms with E-state index in [0.29, 0.717) is 25.9 Å². The van der Waals surface area contributed by atoms with Crippen LogP contribution < -0.4 is 4.74 Å². The number of nitrogens with zero attached hydrogens (tertiary/aromatic N) is 2. The van der Waals surface area contributed by atoms with E-state index in [-0.39, 0.29) is 18.6 Å². The van der Waals surface area contributed by atoms with Crippen LogP contribution in [0, 0.1) is 6.92 Å². The van der Waals surface area contributed by atoms with E-state index in [1.54, 1.807) is 17.0 Å². The van der Waals surface area contributed by atoms with Crippen LogP contribution in [0.15, 0.2) is 76.6 Å². The summed E-state index contributed by atoms with van der Waals surface area (Å²) in [5.74, 6) is 0.615. The lowest BCUT2D eigenvalue weighted by molar-refractivity contribution is -0.123. The molecule has 0 unspecified atom stereocenters. The van der Waals surface area contributed by atoms with Gasteiger partial charge in [-0.1, -0.05) is 72.1 Å². The standard InChI is InChI=1S/C28H26Cl2N2O2S/c1-4-19(3)32-27(33)26(35-28(32)31-23-13-9-18(2)10-14-23)15-20-7-5-6-8-25(20)34-17-21-11-12-22(29)16-24(21)30/h5-16,19H,4,17H2,1-3H3/b26-15+,31-28?/t19-/m0/s1. The summed E-state index contributed by atoms with van der Waals surface area (Å²) in [5, 5.41) is 1.82. The highest BCUT2D eigenvalue weighted by atomic mass is 35.5. The first-order valence-corrected chi connectivity index (χ1v) is 13.0. The lowest BCUT2D eigenvalue weighted by Crippen LogP contribution is -2.36. The van der Waals surface area contributed by atoms with Crippen LogP contribution in [0.25, 0.3) is 6.08 Å². The zero-order chi connectivity index (χ0) is 24.9. The molecule has 1 saturated heterocycles. The number of aryl methyl sites for hydroxylation is 1. The minimum atomic E-state index is -0.0502. The fraction of sp³-hybridized carbons (Fsp3) is 0.214. The van der Waals surface area contributed by atoms with E-state index >= 15 is 0 Å². The predicted molar refractivity (Wildman–Crippen MR) is 148 cm³/mol. The molecule has 0 saturated carbocycles. The molecule has 1 amide bonds. The Kier molecular flexibility index (Phi) is 8.22. The van der Waals surface area contributed by atoms with Gasteiger partial charge < -0.3 is 4.74 Å². The van der Waals surface area contributed by atoms with Gasteiger partial charge in [0.05, 0.1) is 10.6 Å². The Labute approximate surface area is 220 Å². The molecule has 4 rings (SSSR count). The summed E-state index contributed by atoms with van der Waals surface area (Å²) in [7, 11) is 0. The highest BCUT2D eigenvalue weighted by Crippen LogP contribution is 2.37. The molecule has 1 fully saturated rings. The molecule has 3 aromatic carbocycles. The Morgan fingerprint density at radius 3 is 2.54 bits per heavy atom. The number of hydrogen-bond donors (Lipinski definition) is 0. The maximum atomic E-state index is 13.4. The zero-order valence-electron chi connectivity index (χ0n) is 19.8. The number of ether oxygens (including phenoxy) is 1. The number of amidine groups is 1. The number of carbonyl (C=O) groups excluding carboxylic acids is 1. The fourth-order valence-corrected chi connectivity index (χ4v) is 5.08. The van der Waals surface area contributed by atoms with E-state index < -0.39 is 0 Å². The smallest absolute Gasteiger partial charge is 0.267 e. The monoisotopic (exact) mass is 524 g/mol. The summed E-state index contributed by atoms with van der Waals surface area (Å²) < 4.78 is 6.08. The zero-order valence-corrected chi connectivity index (χ0v) is 22.1. The average molecular weight is 526 g/mol. The summed E-state index contributed by atoms with van der Waals surface area (Å²) >= 11 is 13.7. The molecule has 1 heterocycles. The highest BCUT2D eigenvalue weighted by molar-refractivity contribution is 8.18. The largest absolute Gasteiger partial charge is 0.488 e. The van der Waals surface area contributed by atoms with Crippen molar-refractivity contribution in [3.05, 3.63) is 98.4 Å². The van der Waals surface area contributed by atoms with Gasteiger partial charge in [-0.3, -0.25) is 9.69 Å². The number of rotatable bonds is 7. The van der Waals surface area contributed by atoms with Gasteiger partial charge in [-0.25, -0.2) is 4.99 Å². The Hall–Kier alpha value is -2.73. The number of halogens is 2. The maximum Gasteiger partial charge on any atom is 0.267 e. The minimum absolute atomic E-state index is 0.0311. The Balaban J connectivity index is 1.62. The number of aliphatic imine (C=N–C) groups is 1. The number of thioether (sulfide) groups is 1. The first-order chi connectivity index (χ1) is 16.9. The second-order valence-electron chi connectivity index (χ2n) is 8.34. The summed E-state index contributed by atoms with van der Waals surface area (Å²) in [4.78, 5) is 20.6. The lowest BCUT2D eigenvalue weighted by Gasteiger charge is -2.22. The quantitative estimate of drug-likeness (QED) is 0.292. The third-order valence-electron chi connectivity index (χ3n) is 5.73. The molecule has 0 aromatic heterocycles. The molecule has 0 spiro atoms. The molecule has 0 N–H and O–H groups in total. The number of para-hydroxylation sites is 1. The molecule has 1 aliphatic rings. The summed E-state index contributed by atoms with van der Waals surface area (Å²) in [6.45, 7) is 6.44. The molecule has 0 radical (unpaired) electrons. The van der Waals surface area contributed by atoms with E-state index in [2.05, 4.69) is 6.92 Å². The lowest BCUT2D eigenvalue weighted by atomic mass is 10.1. The van der Waals surface area contributed by atoms with Gasteiger partial charge in [0.25, 0.3) is 5.91 Å². The van der Waals surface area contributed by atoms with Crippen molar-refractivity contribution in [1.82, 2.24) is 4.90 Å². The van der Waals surface area contributed by atoms with E-state index in [1.165, 1.54) is 17.3 Å². The third-order valence-corrected chi connectivity index (χ3v) is 7.30. The van der Waals surface area contributed by atoms with Crippen molar-refractivity contribution in [2.24, 2.45) is 4.99 Å². The van der Waals surface area contributed by atoms with Gasteiger partial charge in [-0.15, -0.1) is 0 Å². The van der Waals surface area contributed by atoms with Crippen LogP contribution in [-0.2, 0) is 11.4 Å². The van der Waals surface area contributed by atoms with E-state index in [0.717, 1.165) is 23.2 Å². The summed E-state index contributed by atoms with van der Waals surface area (Å²) in [6, 6.07) is 21.0. The Morgan fingerprint density at radius 1 is 1.09 bits per heavy atom. The van der Waals surface area contributed by atoms with Crippen LogP contribution in [0.1, 0.15) is 37.0 Å². The minimum Gasteiger partial charge on any atom is -0.488 e. The molecular formula is C28H26Cl2N2O2S. The van der Waals surface area contributed by atoms with Crippen LogP contribution >= 0.6 is 35.0 Å². The molecule has 180 valence electrons. The molecule has 7 heteroatoms. The van der Waals surface area contributed by atoms with E-state index in [9.17, 15) is 4.79 Å². The molecule has 3 aromatic rings. The van der Waals surface area contributed by atoms with Gasteiger partial charge >= 0.3 is 0 Å². The molecule has 35 heavy (non-hydrogen) atoms. The topological polar surface area (TPSA) is 41.9 Å². The number of benzene rings is 3. The summed E-state index contributed by atoms with van der Waals surface area (Å²) in [6.07, 6.45) is 2.70. The first kappa shape index (κ1) is 25.4. The molecule has 0 bridgehead atoms. The second-order valence-corrected chi connectivity index (χ2v) is 10.2. The SMILES string of the molecule is CC[C@H](C)N1C(=O)/C(=C\c2ccccc2OCc2ccc(Cl)cc2Cl)SC1=Nc1ccc(C)cc1. The van der Waals surface area contributed by atoms with Crippen LogP contribution in [0.2, 0.25) is 10.0 Å². The molecular weight excluding hydrogens is 499 g/mol. The molecule has 1 atom stereocenters. The van der Waals surface area contributed by atoms with Crippen molar-refractivity contribution >= 4 is 57.8 Å². The van der Waals surface area contributed by atoms with Crippen molar-refractivity contribution in [3.63, 3.8) is 0 Å². The molecule has 0 aliphatic carbocycles. The number of amides is 1. The fourth-order valence-electron chi connectivity index (χ4n) is 3.53. The van der Waals surface area contributed by atoms with Crippen molar-refractivity contribution in [2.45, 2.75) is 39.8 Å². The van der Waals surface area contributed by atoms with Gasteiger partial charge in [0, 0.05) is 27.2 Å². The third kappa shape index (κ3) is 6.10. The van der Waals surface area contributed by atoms with E-state index in [4.69, 9.17) is 32.9 Å². The van der Waals surface area contributed by atoms with Crippen LogP contribution in [0.3, 0.4) is 0 Å². The van der Waals surface area contributed by atoms with Crippen molar-refractivity contribution in [3.8, 4) is 5.75 Å². The first-order valence-electron chi connectivity index (χ1n) is 11.4. The molecule has 1 aliphatic heterocycles. The van der Waals surface area contributed by atoms with Gasteiger partial charge in [0.2, 0.25) is 0 Å². The van der Waals surface area contributed by atoms with Crippen LogP contribution in [0.5, 0.6) is 5.75 Å². The highest BCUT2D eigenvalue weighted by Gasteiger charge is 2.36. The van der Waals surface area contributed by atoms with Crippen molar-refractivity contribution in [2.75, 3.05) is 0 Å². The summed E-state index contributed by atoms with van der Waals surface area (Å²) in [5.41, 5.74) is 3.64. The van der Waals surface area contributed by atoms with E-state index in [1.807, 2.05) is 74.5 Å². The van der Waals surface area contributed by atoms with Gasteiger partial charge in [-0.05, 0) is 68.4 Å². The average Bonchev–Trinajstić information content (AvgIpc) is 3.14. The Bertz CT molecular complexity index is 1290. The van der Waals surface area contributed by atoms with Crippen LogP contribution in [-0.4, -0.2) is 22.0 Å². The molecule has 4 nitrogen and oxygen atoms in total.